The number of para-hydroxylation sites is 1. The van der Waals surface area contributed by atoms with Gasteiger partial charge in [-0.3, -0.25) is 9.36 Å². The van der Waals surface area contributed by atoms with Crippen molar-refractivity contribution in [1.82, 2.24) is 20.1 Å². The number of benzene rings is 2. The summed E-state index contributed by atoms with van der Waals surface area (Å²) in [4.78, 5) is 12.4. The Labute approximate surface area is 185 Å². The van der Waals surface area contributed by atoms with E-state index in [4.69, 9.17) is 16.3 Å². The number of thioether (sulfide) groups is 1. The van der Waals surface area contributed by atoms with E-state index >= 15 is 0 Å². The van der Waals surface area contributed by atoms with Gasteiger partial charge in [-0.05, 0) is 37.5 Å². The maximum Gasteiger partial charge on any atom is 0.230 e. The second kappa shape index (κ2) is 9.53. The first-order chi connectivity index (χ1) is 14.6. The molecule has 6 nitrogen and oxygen atoms in total. The van der Waals surface area contributed by atoms with Gasteiger partial charge < -0.3 is 10.1 Å². The molecule has 1 N–H and O–H groups in total. The number of ether oxygens (including phenoxy) is 1. The summed E-state index contributed by atoms with van der Waals surface area (Å²) < 4.78 is 7.93. The maximum absolute atomic E-state index is 12.4. The molecule has 3 aromatic rings. The summed E-state index contributed by atoms with van der Waals surface area (Å²) in [5.41, 5.74) is 1.08. The van der Waals surface area contributed by atoms with Gasteiger partial charge in [0.2, 0.25) is 5.91 Å². The Balaban J connectivity index is 1.36. The molecule has 0 radical (unpaired) electrons. The van der Waals surface area contributed by atoms with E-state index in [2.05, 4.69) is 20.1 Å². The monoisotopic (exact) mass is 442 g/mol. The van der Waals surface area contributed by atoms with E-state index < -0.39 is 0 Å². The average molecular weight is 443 g/mol. The van der Waals surface area contributed by atoms with Crippen molar-refractivity contribution in [2.24, 2.45) is 0 Å². The number of carbonyl (C=O) groups excluding carboxylic acids is 1. The number of hydrogen-bond donors (Lipinski definition) is 1. The Morgan fingerprint density at radius 1 is 1.20 bits per heavy atom. The summed E-state index contributed by atoms with van der Waals surface area (Å²) in [5, 5.41) is 13.0. The molecular formula is C22H23ClN4O2S. The number of nitrogens with zero attached hydrogens (tertiary/aromatic N) is 3. The highest BCUT2D eigenvalue weighted by Crippen LogP contribution is 2.39. The number of rotatable bonds is 9. The molecule has 1 aromatic heterocycles. The summed E-state index contributed by atoms with van der Waals surface area (Å²) >= 11 is 7.57. The maximum atomic E-state index is 12.4. The number of amides is 1. The van der Waals surface area contributed by atoms with E-state index in [1.54, 1.807) is 6.07 Å². The molecule has 2 aromatic carbocycles. The molecule has 1 heterocycles. The van der Waals surface area contributed by atoms with Gasteiger partial charge in [0.1, 0.15) is 12.4 Å². The summed E-state index contributed by atoms with van der Waals surface area (Å²) in [6.45, 7) is 2.26. The standard InChI is InChI=1S/C22H23ClN4O2S/c1-15(16-7-3-2-4-8-16)24-21(28)14-30-22-26-25-20(27(22)17-11-12-17)13-29-19-10-6-5-9-18(19)23/h2-10,15,17H,11-14H2,1H3,(H,24,28). The molecule has 156 valence electrons. The third-order valence-electron chi connectivity index (χ3n) is 4.85. The van der Waals surface area contributed by atoms with E-state index in [-0.39, 0.29) is 24.3 Å². The van der Waals surface area contributed by atoms with Crippen molar-refractivity contribution in [3.05, 3.63) is 71.0 Å². The average Bonchev–Trinajstić information content (AvgIpc) is 3.52. The van der Waals surface area contributed by atoms with Crippen molar-refractivity contribution in [2.75, 3.05) is 5.75 Å². The van der Waals surface area contributed by atoms with Gasteiger partial charge in [-0.25, -0.2) is 0 Å². The first-order valence-electron chi connectivity index (χ1n) is 9.90. The Morgan fingerprint density at radius 3 is 2.67 bits per heavy atom. The van der Waals surface area contributed by atoms with Gasteiger partial charge in [0.25, 0.3) is 0 Å². The number of carbonyl (C=O) groups is 1. The Kier molecular flexibility index (Phi) is 6.59. The number of halogens is 1. The van der Waals surface area contributed by atoms with Crippen LogP contribution in [0.1, 0.15) is 43.2 Å². The van der Waals surface area contributed by atoms with Crippen LogP contribution in [0.2, 0.25) is 5.02 Å². The number of hydrogen-bond acceptors (Lipinski definition) is 5. The van der Waals surface area contributed by atoms with Crippen LogP contribution in [0.5, 0.6) is 5.75 Å². The third kappa shape index (κ3) is 5.15. The highest BCUT2D eigenvalue weighted by molar-refractivity contribution is 7.99. The quantitative estimate of drug-likeness (QED) is 0.481. The first-order valence-corrected chi connectivity index (χ1v) is 11.3. The minimum atomic E-state index is -0.0415. The molecule has 0 aliphatic heterocycles. The molecule has 1 fully saturated rings. The van der Waals surface area contributed by atoms with Crippen molar-refractivity contribution in [1.29, 1.82) is 0 Å². The van der Waals surface area contributed by atoms with Gasteiger partial charge in [0.15, 0.2) is 11.0 Å². The van der Waals surface area contributed by atoms with Crippen LogP contribution in [0.3, 0.4) is 0 Å². The molecule has 1 amide bonds. The number of nitrogens with one attached hydrogen (secondary N) is 1. The molecule has 1 saturated carbocycles. The molecular weight excluding hydrogens is 420 g/mol. The van der Waals surface area contributed by atoms with Crippen LogP contribution >= 0.6 is 23.4 Å². The SMILES string of the molecule is CC(NC(=O)CSc1nnc(COc2ccccc2Cl)n1C1CC1)c1ccccc1. The zero-order chi connectivity index (χ0) is 20.9. The van der Waals surface area contributed by atoms with E-state index in [9.17, 15) is 4.79 Å². The molecule has 30 heavy (non-hydrogen) atoms. The van der Waals surface area contributed by atoms with Crippen LogP contribution in [-0.4, -0.2) is 26.4 Å². The second-order valence-corrected chi connectivity index (χ2v) is 8.56. The molecule has 0 bridgehead atoms. The molecule has 1 unspecified atom stereocenters. The van der Waals surface area contributed by atoms with Crippen molar-refractivity contribution in [3.8, 4) is 5.75 Å². The van der Waals surface area contributed by atoms with Crippen LogP contribution in [0.4, 0.5) is 0 Å². The van der Waals surface area contributed by atoms with E-state index in [0.29, 0.717) is 16.8 Å². The molecule has 0 saturated heterocycles. The van der Waals surface area contributed by atoms with E-state index in [0.717, 1.165) is 29.4 Å². The minimum absolute atomic E-state index is 0.0319. The highest BCUT2D eigenvalue weighted by Gasteiger charge is 2.30. The fourth-order valence-corrected chi connectivity index (χ4v) is 4.17. The zero-order valence-electron chi connectivity index (χ0n) is 16.6. The van der Waals surface area contributed by atoms with Gasteiger partial charge in [-0.15, -0.1) is 10.2 Å². The largest absolute Gasteiger partial charge is 0.484 e. The minimum Gasteiger partial charge on any atom is -0.484 e. The van der Waals surface area contributed by atoms with Gasteiger partial charge >= 0.3 is 0 Å². The van der Waals surface area contributed by atoms with Crippen molar-refractivity contribution >= 4 is 29.3 Å². The van der Waals surface area contributed by atoms with Gasteiger partial charge in [0.05, 0.1) is 16.8 Å². The lowest BCUT2D eigenvalue weighted by molar-refractivity contribution is -0.119. The third-order valence-corrected chi connectivity index (χ3v) is 6.11. The summed E-state index contributed by atoms with van der Waals surface area (Å²) in [6, 6.07) is 17.6. The fourth-order valence-electron chi connectivity index (χ4n) is 3.15. The van der Waals surface area contributed by atoms with Gasteiger partial charge in [0, 0.05) is 6.04 Å². The van der Waals surface area contributed by atoms with Crippen molar-refractivity contribution in [3.63, 3.8) is 0 Å². The van der Waals surface area contributed by atoms with Crippen LogP contribution in [0.15, 0.2) is 59.8 Å². The van der Waals surface area contributed by atoms with Crippen molar-refractivity contribution < 1.29 is 9.53 Å². The van der Waals surface area contributed by atoms with Crippen LogP contribution in [0.25, 0.3) is 0 Å². The lowest BCUT2D eigenvalue weighted by atomic mass is 10.1. The Morgan fingerprint density at radius 2 is 1.93 bits per heavy atom. The highest BCUT2D eigenvalue weighted by atomic mass is 35.5. The van der Waals surface area contributed by atoms with Crippen LogP contribution in [-0.2, 0) is 11.4 Å². The molecule has 1 aliphatic rings. The molecule has 8 heteroatoms. The van der Waals surface area contributed by atoms with Gasteiger partial charge in [-0.1, -0.05) is 65.8 Å². The van der Waals surface area contributed by atoms with Crippen molar-refractivity contribution in [2.45, 2.75) is 43.6 Å². The van der Waals surface area contributed by atoms with Gasteiger partial charge in [-0.2, -0.15) is 0 Å². The lowest BCUT2D eigenvalue weighted by Crippen LogP contribution is -2.28. The van der Waals surface area contributed by atoms with Crippen LogP contribution < -0.4 is 10.1 Å². The fraction of sp³-hybridized carbons (Fsp3) is 0.318. The smallest absolute Gasteiger partial charge is 0.230 e. The normalized spacial score (nSPS) is 14.3. The topological polar surface area (TPSA) is 69.0 Å². The van der Waals surface area contributed by atoms with E-state index in [1.165, 1.54) is 11.8 Å². The molecule has 1 atom stereocenters. The van der Waals surface area contributed by atoms with E-state index in [1.807, 2.05) is 55.5 Å². The summed E-state index contributed by atoms with van der Waals surface area (Å²) in [5.74, 6) is 1.62. The predicted molar refractivity (Wildman–Crippen MR) is 118 cm³/mol. The Bertz CT molecular complexity index is 1010. The molecule has 1 aliphatic carbocycles. The Hall–Kier alpha value is -2.51. The summed E-state index contributed by atoms with van der Waals surface area (Å²) in [7, 11) is 0. The lowest BCUT2D eigenvalue weighted by Gasteiger charge is -2.14. The summed E-state index contributed by atoms with van der Waals surface area (Å²) in [6.07, 6.45) is 2.17. The van der Waals surface area contributed by atoms with Crippen LogP contribution in [0, 0.1) is 0 Å². The second-order valence-electron chi connectivity index (χ2n) is 7.21. The molecule has 4 rings (SSSR count). The zero-order valence-corrected chi connectivity index (χ0v) is 18.2. The predicted octanol–water partition coefficient (Wildman–Crippen LogP) is 4.81. The number of aromatic nitrogens is 3. The first kappa shape index (κ1) is 20.8. The molecule has 0 spiro atoms.